The maximum Gasteiger partial charge on any atom is 0.274 e. The van der Waals surface area contributed by atoms with E-state index in [9.17, 15) is 4.79 Å². The Morgan fingerprint density at radius 3 is 2.64 bits per heavy atom. The molecule has 0 bridgehead atoms. The highest BCUT2D eigenvalue weighted by atomic mass is 16.5. The first kappa shape index (κ1) is 13.9. The van der Waals surface area contributed by atoms with Crippen molar-refractivity contribution in [2.75, 3.05) is 18.2 Å². The lowest BCUT2D eigenvalue weighted by atomic mass is 10.1. The molecule has 1 aromatic heterocycles. The number of para-hydroxylation sites is 1. The number of rotatable bonds is 3. The van der Waals surface area contributed by atoms with Gasteiger partial charge in [0.25, 0.3) is 5.91 Å². The van der Waals surface area contributed by atoms with Crippen molar-refractivity contribution in [1.82, 2.24) is 4.98 Å². The molecule has 110 valence electrons. The van der Waals surface area contributed by atoms with Gasteiger partial charge in [0, 0.05) is 28.3 Å². The number of anilines is 2. The summed E-state index contributed by atoms with van der Waals surface area (Å²) in [6, 6.07) is 14.5. The Morgan fingerprint density at radius 2 is 1.91 bits per heavy atom. The molecule has 3 aromatic rings. The second-order valence-corrected chi connectivity index (χ2v) is 4.76. The summed E-state index contributed by atoms with van der Waals surface area (Å²) in [6.45, 7) is 0. The third-order valence-corrected chi connectivity index (χ3v) is 3.39. The number of carbonyl (C=O) groups excluding carboxylic acids is 1. The topological polar surface area (TPSA) is 77.2 Å². The molecule has 0 saturated carbocycles. The molecule has 0 aliphatic heterocycles. The van der Waals surface area contributed by atoms with Crippen LogP contribution in [0.15, 0.2) is 54.7 Å². The van der Waals surface area contributed by atoms with Crippen LogP contribution in [0.25, 0.3) is 10.8 Å². The zero-order valence-corrected chi connectivity index (χ0v) is 12.0. The Hall–Kier alpha value is -3.08. The highest BCUT2D eigenvalue weighted by molar-refractivity contribution is 6.15. The number of hydrogen-bond donors (Lipinski definition) is 2. The maximum absolute atomic E-state index is 12.5. The fraction of sp³-hybridized carbons (Fsp3) is 0.0588. The van der Waals surface area contributed by atoms with Gasteiger partial charge < -0.3 is 15.8 Å². The third kappa shape index (κ3) is 2.44. The van der Waals surface area contributed by atoms with E-state index in [1.807, 2.05) is 30.3 Å². The van der Waals surface area contributed by atoms with E-state index in [2.05, 4.69) is 10.3 Å². The lowest BCUT2D eigenvalue weighted by molar-refractivity contribution is 0.102. The smallest absolute Gasteiger partial charge is 0.274 e. The molecule has 3 rings (SSSR count). The van der Waals surface area contributed by atoms with E-state index >= 15 is 0 Å². The van der Waals surface area contributed by atoms with Crippen molar-refractivity contribution >= 4 is 28.1 Å². The monoisotopic (exact) mass is 293 g/mol. The van der Waals surface area contributed by atoms with Gasteiger partial charge in [-0.25, -0.2) is 0 Å². The van der Waals surface area contributed by atoms with Crippen LogP contribution in [0, 0.1) is 0 Å². The zero-order chi connectivity index (χ0) is 15.5. The summed E-state index contributed by atoms with van der Waals surface area (Å²) in [4.78, 5) is 16.7. The van der Waals surface area contributed by atoms with E-state index in [4.69, 9.17) is 10.5 Å². The van der Waals surface area contributed by atoms with Gasteiger partial charge in [0.2, 0.25) is 0 Å². The summed E-state index contributed by atoms with van der Waals surface area (Å²) in [7, 11) is 1.58. The van der Waals surface area contributed by atoms with E-state index in [1.165, 1.54) is 0 Å². The van der Waals surface area contributed by atoms with Gasteiger partial charge in [0.05, 0.1) is 7.11 Å². The second-order valence-electron chi connectivity index (χ2n) is 4.76. The Bertz CT molecular complexity index is 832. The van der Waals surface area contributed by atoms with Gasteiger partial charge in [0.15, 0.2) is 0 Å². The van der Waals surface area contributed by atoms with Gasteiger partial charge in [-0.3, -0.25) is 9.78 Å². The van der Waals surface area contributed by atoms with E-state index in [0.717, 1.165) is 5.39 Å². The van der Waals surface area contributed by atoms with E-state index < -0.39 is 0 Å². The molecule has 0 unspecified atom stereocenters. The quantitative estimate of drug-likeness (QED) is 0.727. The number of methoxy groups -OCH3 is 1. The van der Waals surface area contributed by atoms with E-state index in [-0.39, 0.29) is 11.6 Å². The van der Waals surface area contributed by atoms with Crippen LogP contribution >= 0.6 is 0 Å². The maximum atomic E-state index is 12.5. The number of ether oxygens (including phenoxy) is 1. The van der Waals surface area contributed by atoms with Crippen molar-refractivity contribution in [2.24, 2.45) is 0 Å². The first-order valence-electron chi connectivity index (χ1n) is 6.78. The second kappa shape index (κ2) is 5.73. The van der Waals surface area contributed by atoms with Crippen LogP contribution in [0.5, 0.6) is 5.75 Å². The Kier molecular flexibility index (Phi) is 3.62. The van der Waals surface area contributed by atoms with Crippen molar-refractivity contribution in [3.8, 4) is 5.75 Å². The predicted octanol–water partition coefficient (Wildman–Crippen LogP) is 3.08. The number of nitrogens with zero attached hydrogens (tertiary/aromatic N) is 1. The van der Waals surface area contributed by atoms with Gasteiger partial charge in [0.1, 0.15) is 11.4 Å². The van der Waals surface area contributed by atoms with Crippen LogP contribution in [-0.4, -0.2) is 18.0 Å². The summed E-state index contributed by atoms with van der Waals surface area (Å²) in [5, 5.41) is 4.17. The molecule has 0 spiro atoms. The highest BCUT2D eigenvalue weighted by Gasteiger charge is 2.16. The Labute approximate surface area is 127 Å². The molecule has 1 amide bonds. The number of nitrogens with one attached hydrogen (secondary N) is 1. The van der Waals surface area contributed by atoms with Crippen LogP contribution in [0.1, 0.15) is 10.5 Å². The average molecular weight is 293 g/mol. The Balaban J connectivity index is 2.09. The molecule has 0 aliphatic carbocycles. The van der Waals surface area contributed by atoms with Crippen molar-refractivity contribution in [3.05, 3.63) is 60.4 Å². The Morgan fingerprint density at radius 1 is 1.14 bits per heavy atom. The fourth-order valence-electron chi connectivity index (χ4n) is 2.36. The lowest BCUT2D eigenvalue weighted by Gasteiger charge is -2.11. The number of hydrogen-bond acceptors (Lipinski definition) is 4. The van der Waals surface area contributed by atoms with Crippen molar-refractivity contribution in [2.45, 2.75) is 0 Å². The molecule has 5 nitrogen and oxygen atoms in total. The third-order valence-electron chi connectivity index (χ3n) is 3.39. The van der Waals surface area contributed by atoms with Crippen molar-refractivity contribution < 1.29 is 9.53 Å². The van der Waals surface area contributed by atoms with Crippen LogP contribution in [-0.2, 0) is 0 Å². The standard InChI is InChI=1S/C17H15N3O2/c1-22-14-8-7-13(18)15-12(14)9-10-19-16(15)17(21)20-11-5-3-2-4-6-11/h2-10H,18H2,1H3,(H,20,21). The first-order valence-corrected chi connectivity index (χ1v) is 6.78. The largest absolute Gasteiger partial charge is 0.496 e. The van der Waals surface area contributed by atoms with Crippen molar-refractivity contribution in [3.63, 3.8) is 0 Å². The fourth-order valence-corrected chi connectivity index (χ4v) is 2.36. The number of benzene rings is 2. The van der Waals surface area contributed by atoms with Gasteiger partial charge in [-0.2, -0.15) is 0 Å². The SMILES string of the molecule is COc1ccc(N)c2c(C(=O)Nc3ccccc3)nccc12. The predicted molar refractivity (Wildman–Crippen MR) is 87.1 cm³/mol. The molecule has 0 aliphatic rings. The molecule has 0 fully saturated rings. The normalized spacial score (nSPS) is 10.4. The highest BCUT2D eigenvalue weighted by Crippen LogP contribution is 2.31. The van der Waals surface area contributed by atoms with Gasteiger partial charge >= 0.3 is 0 Å². The minimum Gasteiger partial charge on any atom is -0.496 e. The molecule has 1 heterocycles. The van der Waals surface area contributed by atoms with Crippen LogP contribution in [0.2, 0.25) is 0 Å². The number of aromatic nitrogens is 1. The number of amides is 1. The summed E-state index contributed by atoms with van der Waals surface area (Å²) in [5.41, 5.74) is 7.50. The summed E-state index contributed by atoms with van der Waals surface area (Å²) in [5.74, 6) is 0.345. The molecule has 0 saturated heterocycles. The van der Waals surface area contributed by atoms with Crippen LogP contribution in [0.3, 0.4) is 0 Å². The molecular weight excluding hydrogens is 278 g/mol. The van der Waals surface area contributed by atoms with Crippen LogP contribution in [0.4, 0.5) is 11.4 Å². The number of nitrogen functional groups attached to an aromatic ring is 1. The van der Waals surface area contributed by atoms with E-state index in [0.29, 0.717) is 22.5 Å². The molecule has 0 radical (unpaired) electrons. The van der Waals surface area contributed by atoms with Crippen molar-refractivity contribution in [1.29, 1.82) is 0 Å². The molecule has 5 heteroatoms. The summed E-state index contributed by atoms with van der Waals surface area (Å²) >= 11 is 0. The minimum atomic E-state index is -0.309. The molecule has 0 atom stereocenters. The van der Waals surface area contributed by atoms with Gasteiger partial charge in [-0.15, -0.1) is 0 Å². The lowest BCUT2D eigenvalue weighted by Crippen LogP contribution is -2.14. The van der Waals surface area contributed by atoms with Gasteiger partial charge in [-0.1, -0.05) is 18.2 Å². The zero-order valence-electron chi connectivity index (χ0n) is 12.0. The molecule has 2 aromatic carbocycles. The number of nitrogens with two attached hydrogens (primary N) is 1. The summed E-state index contributed by atoms with van der Waals surface area (Å²) < 4.78 is 5.32. The summed E-state index contributed by atoms with van der Waals surface area (Å²) in [6.07, 6.45) is 1.57. The van der Waals surface area contributed by atoms with Crippen LogP contribution < -0.4 is 15.8 Å². The minimum absolute atomic E-state index is 0.276. The van der Waals surface area contributed by atoms with Gasteiger partial charge in [-0.05, 0) is 30.3 Å². The molecule has 22 heavy (non-hydrogen) atoms. The number of carbonyl (C=O) groups is 1. The molecular formula is C17H15N3O2. The number of fused-ring (bicyclic) bond motifs is 1. The molecule has 3 N–H and O–H groups in total. The first-order chi connectivity index (χ1) is 10.7. The van der Waals surface area contributed by atoms with E-state index in [1.54, 1.807) is 31.5 Å². The number of pyridine rings is 1. The average Bonchev–Trinajstić information content (AvgIpc) is 2.56.